The number of ether oxygens (including phenoxy) is 1. The van der Waals surface area contributed by atoms with E-state index in [0.717, 1.165) is 47.9 Å². The zero-order valence-corrected chi connectivity index (χ0v) is 23.2. The number of carbonyl (C=O) groups excluding carboxylic acids is 4. The third-order valence-electron chi connectivity index (χ3n) is 8.00. The topological polar surface area (TPSA) is 166 Å². The number of urea groups is 1. The Kier molecular flexibility index (Phi) is 9.01. The third kappa shape index (κ3) is 7.24. The summed E-state index contributed by atoms with van der Waals surface area (Å²) in [7, 11) is 0. The number of carbonyl (C=O) groups is 5. The van der Waals surface area contributed by atoms with Crippen LogP contribution in [-0.4, -0.2) is 58.0 Å². The number of hydrogen-bond acceptors (Lipinski definition) is 6. The highest BCUT2D eigenvalue weighted by Crippen LogP contribution is 2.28. The van der Waals surface area contributed by atoms with Gasteiger partial charge in [-0.25, -0.2) is 9.59 Å². The molecule has 5 N–H and O–H groups in total. The molecule has 1 saturated heterocycles. The van der Waals surface area contributed by atoms with Gasteiger partial charge in [0, 0.05) is 37.7 Å². The van der Waals surface area contributed by atoms with Gasteiger partial charge < -0.3 is 30.7 Å². The van der Waals surface area contributed by atoms with Gasteiger partial charge in [0.05, 0.1) is 12.7 Å². The molecule has 0 radical (unpaired) electrons. The summed E-state index contributed by atoms with van der Waals surface area (Å²) in [5, 5.41) is 19.3. The monoisotopic (exact) mass is 577 g/mol. The Morgan fingerprint density at radius 1 is 0.905 bits per heavy atom. The van der Waals surface area contributed by atoms with Crippen molar-refractivity contribution in [3.05, 3.63) is 70.3 Å². The van der Waals surface area contributed by atoms with Crippen molar-refractivity contribution in [1.82, 2.24) is 26.2 Å². The fourth-order valence-corrected chi connectivity index (χ4v) is 5.68. The minimum Gasteiger partial charge on any atom is -0.465 e. The van der Waals surface area contributed by atoms with Gasteiger partial charge in [-0.05, 0) is 60.4 Å². The van der Waals surface area contributed by atoms with E-state index in [1.165, 1.54) is 4.90 Å². The van der Waals surface area contributed by atoms with E-state index < -0.39 is 18.0 Å². The van der Waals surface area contributed by atoms with Gasteiger partial charge in [-0.15, -0.1) is 0 Å². The molecule has 2 aliphatic heterocycles. The van der Waals surface area contributed by atoms with Crippen molar-refractivity contribution in [2.24, 2.45) is 0 Å². The number of hydrogen-bond donors (Lipinski definition) is 5. The molecule has 12 nitrogen and oxygen atoms in total. The highest BCUT2D eigenvalue weighted by molar-refractivity contribution is 6.05. The number of carboxylic acid groups (broad SMARTS) is 1. The Hall–Kier alpha value is -4.45. The number of benzene rings is 2. The maximum absolute atomic E-state index is 12.9. The fourth-order valence-electron chi connectivity index (χ4n) is 5.68. The van der Waals surface area contributed by atoms with Gasteiger partial charge in [0.1, 0.15) is 6.04 Å². The molecular weight excluding hydrogens is 542 g/mol. The number of rotatable bonds is 9. The van der Waals surface area contributed by atoms with Crippen LogP contribution in [0.2, 0.25) is 0 Å². The van der Waals surface area contributed by atoms with Gasteiger partial charge in [0.25, 0.3) is 5.91 Å². The van der Waals surface area contributed by atoms with E-state index in [0.29, 0.717) is 31.7 Å². The summed E-state index contributed by atoms with van der Waals surface area (Å²) in [6, 6.07) is 12.2. The average molecular weight is 578 g/mol. The Balaban J connectivity index is 1.01. The molecule has 6 amide bonds. The van der Waals surface area contributed by atoms with Crippen molar-refractivity contribution in [2.75, 3.05) is 0 Å². The first-order valence-electron chi connectivity index (χ1n) is 14.2. The SMILES string of the molecule is O=C(O)NCc1ccc(COC2CCC(NC(=O)NCc3ccc4c(c3)CN(C3CCC(=O)NC3=O)C4=O)CC2)cc1. The molecule has 2 aromatic carbocycles. The Labute approximate surface area is 243 Å². The lowest BCUT2D eigenvalue weighted by Gasteiger charge is -2.29. The molecule has 222 valence electrons. The molecule has 0 spiro atoms. The Morgan fingerprint density at radius 2 is 1.60 bits per heavy atom. The molecule has 42 heavy (non-hydrogen) atoms. The van der Waals surface area contributed by atoms with E-state index >= 15 is 0 Å². The number of nitrogens with zero attached hydrogens (tertiary/aromatic N) is 1. The van der Waals surface area contributed by atoms with Crippen LogP contribution in [0.3, 0.4) is 0 Å². The average Bonchev–Trinajstić information content (AvgIpc) is 3.30. The van der Waals surface area contributed by atoms with E-state index in [1.54, 1.807) is 12.1 Å². The molecule has 2 heterocycles. The van der Waals surface area contributed by atoms with Crippen LogP contribution in [0.4, 0.5) is 9.59 Å². The normalized spacial score (nSPS) is 21.9. The van der Waals surface area contributed by atoms with Gasteiger partial charge in [-0.2, -0.15) is 0 Å². The first-order chi connectivity index (χ1) is 20.2. The fraction of sp³-hybridized carbons (Fsp3) is 0.433. The molecule has 1 saturated carbocycles. The van der Waals surface area contributed by atoms with Crippen molar-refractivity contribution >= 4 is 29.8 Å². The molecule has 3 aliphatic rings. The van der Waals surface area contributed by atoms with Crippen LogP contribution in [0.15, 0.2) is 42.5 Å². The van der Waals surface area contributed by atoms with Gasteiger partial charge in [0.2, 0.25) is 11.8 Å². The number of imide groups is 1. The van der Waals surface area contributed by atoms with Crippen LogP contribution in [0, 0.1) is 0 Å². The van der Waals surface area contributed by atoms with Gasteiger partial charge >= 0.3 is 12.1 Å². The van der Waals surface area contributed by atoms with Crippen LogP contribution in [0.1, 0.15) is 71.1 Å². The second-order valence-electron chi connectivity index (χ2n) is 11.0. The highest BCUT2D eigenvalue weighted by Gasteiger charge is 2.39. The summed E-state index contributed by atoms with van der Waals surface area (Å²) in [5.74, 6) is -0.980. The van der Waals surface area contributed by atoms with Crippen molar-refractivity contribution < 1.29 is 33.8 Å². The summed E-state index contributed by atoms with van der Waals surface area (Å²) in [4.78, 5) is 61.3. The smallest absolute Gasteiger partial charge is 0.404 e. The lowest BCUT2D eigenvalue weighted by atomic mass is 9.93. The summed E-state index contributed by atoms with van der Waals surface area (Å²) in [5.41, 5.74) is 4.10. The lowest BCUT2D eigenvalue weighted by molar-refractivity contribution is -0.136. The van der Waals surface area contributed by atoms with Crippen LogP contribution in [0.25, 0.3) is 0 Å². The largest absolute Gasteiger partial charge is 0.465 e. The molecule has 2 aromatic rings. The molecule has 0 aromatic heterocycles. The van der Waals surface area contributed by atoms with E-state index in [2.05, 4.69) is 21.3 Å². The van der Waals surface area contributed by atoms with E-state index in [9.17, 15) is 24.0 Å². The van der Waals surface area contributed by atoms with Gasteiger partial charge in [0.15, 0.2) is 0 Å². The summed E-state index contributed by atoms with van der Waals surface area (Å²) < 4.78 is 6.06. The quantitative estimate of drug-likeness (QED) is 0.286. The zero-order valence-electron chi connectivity index (χ0n) is 23.2. The molecule has 1 atom stereocenters. The standard InChI is InChI=1S/C30H35N5O7/c36-26-12-11-25(27(37)34-26)35-16-21-13-20(5-10-24(21)28(35)38)15-31-29(39)33-22-6-8-23(9-7-22)42-17-19-3-1-18(2-4-19)14-32-30(40)41/h1-5,10,13,22-23,25,32H,6-9,11-12,14-17H2,(H,40,41)(H2,31,33,39)(H,34,36,37). The first-order valence-corrected chi connectivity index (χ1v) is 14.2. The zero-order chi connectivity index (χ0) is 29.6. The van der Waals surface area contributed by atoms with Crippen LogP contribution in [-0.2, 0) is 40.6 Å². The summed E-state index contributed by atoms with van der Waals surface area (Å²) in [6.45, 7) is 1.34. The Morgan fingerprint density at radius 3 is 2.31 bits per heavy atom. The van der Waals surface area contributed by atoms with Gasteiger partial charge in [-0.1, -0.05) is 36.4 Å². The molecule has 12 heteroatoms. The van der Waals surface area contributed by atoms with Crippen LogP contribution in [0.5, 0.6) is 0 Å². The maximum Gasteiger partial charge on any atom is 0.404 e. The third-order valence-corrected chi connectivity index (χ3v) is 8.00. The van der Waals surface area contributed by atoms with Crippen molar-refractivity contribution in [1.29, 1.82) is 0 Å². The maximum atomic E-state index is 12.9. The van der Waals surface area contributed by atoms with E-state index in [4.69, 9.17) is 9.84 Å². The summed E-state index contributed by atoms with van der Waals surface area (Å²) >= 11 is 0. The van der Waals surface area contributed by atoms with E-state index in [-0.39, 0.29) is 43.0 Å². The lowest BCUT2D eigenvalue weighted by Crippen LogP contribution is -2.52. The number of amides is 6. The molecule has 2 fully saturated rings. The number of nitrogens with one attached hydrogen (secondary N) is 4. The summed E-state index contributed by atoms with van der Waals surface area (Å²) in [6.07, 6.45) is 2.90. The second kappa shape index (κ2) is 13.0. The molecule has 0 bridgehead atoms. The Bertz CT molecular complexity index is 1350. The van der Waals surface area contributed by atoms with E-state index in [1.807, 2.05) is 30.3 Å². The van der Waals surface area contributed by atoms with Crippen molar-refractivity contribution in [3.8, 4) is 0 Å². The molecule has 1 unspecified atom stereocenters. The van der Waals surface area contributed by atoms with Crippen molar-refractivity contribution in [2.45, 2.75) is 83.0 Å². The number of piperidine rings is 1. The highest BCUT2D eigenvalue weighted by atomic mass is 16.5. The number of fused-ring (bicyclic) bond motifs is 1. The molecular formula is C30H35N5O7. The molecule has 1 aliphatic carbocycles. The predicted molar refractivity (Wildman–Crippen MR) is 150 cm³/mol. The van der Waals surface area contributed by atoms with Crippen molar-refractivity contribution in [3.63, 3.8) is 0 Å². The van der Waals surface area contributed by atoms with Crippen LogP contribution < -0.4 is 21.3 Å². The predicted octanol–water partition coefficient (Wildman–Crippen LogP) is 2.54. The minimum atomic E-state index is -1.05. The first kappa shape index (κ1) is 29.1. The van der Waals surface area contributed by atoms with Crippen LogP contribution >= 0.6 is 0 Å². The second-order valence-corrected chi connectivity index (χ2v) is 11.0. The molecule has 5 rings (SSSR count). The van der Waals surface area contributed by atoms with Gasteiger partial charge in [-0.3, -0.25) is 19.7 Å². The minimum absolute atomic E-state index is 0.0607.